The van der Waals surface area contributed by atoms with Gasteiger partial charge < -0.3 is 15.7 Å². The van der Waals surface area contributed by atoms with Crippen LogP contribution in [0.3, 0.4) is 0 Å². The molecule has 0 aliphatic carbocycles. The number of rotatable bonds is 6. The molecule has 0 bridgehead atoms. The van der Waals surface area contributed by atoms with E-state index in [0.29, 0.717) is 0 Å². The SMILES string of the molecule is CCN(CCCO)c1c(N)c(C)nn1CC. The van der Waals surface area contributed by atoms with Crippen molar-refractivity contribution in [2.75, 3.05) is 30.3 Å². The molecule has 0 saturated heterocycles. The van der Waals surface area contributed by atoms with Gasteiger partial charge in [-0.3, -0.25) is 0 Å². The zero-order chi connectivity index (χ0) is 12.1. The zero-order valence-electron chi connectivity index (χ0n) is 10.4. The summed E-state index contributed by atoms with van der Waals surface area (Å²) in [4.78, 5) is 2.16. The van der Waals surface area contributed by atoms with E-state index in [2.05, 4.69) is 23.8 Å². The summed E-state index contributed by atoms with van der Waals surface area (Å²) in [6.07, 6.45) is 0.751. The zero-order valence-corrected chi connectivity index (χ0v) is 10.4. The van der Waals surface area contributed by atoms with Crippen molar-refractivity contribution in [2.24, 2.45) is 0 Å². The highest BCUT2D eigenvalue weighted by molar-refractivity contribution is 5.66. The first-order valence-electron chi connectivity index (χ1n) is 5.84. The van der Waals surface area contributed by atoms with Gasteiger partial charge in [0.05, 0.1) is 11.4 Å². The van der Waals surface area contributed by atoms with E-state index in [-0.39, 0.29) is 6.61 Å². The summed E-state index contributed by atoms with van der Waals surface area (Å²) < 4.78 is 1.92. The number of aromatic nitrogens is 2. The fourth-order valence-electron chi connectivity index (χ4n) is 1.81. The first kappa shape index (κ1) is 12.8. The second kappa shape index (κ2) is 5.75. The van der Waals surface area contributed by atoms with E-state index in [1.165, 1.54) is 0 Å². The highest BCUT2D eigenvalue weighted by atomic mass is 16.3. The van der Waals surface area contributed by atoms with Crippen LogP contribution in [0.5, 0.6) is 0 Å². The van der Waals surface area contributed by atoms with Gasteiger partial charge in [0, 0.05) is 26.2 Å². The number of aryl methyl sites for hydroxylation is 2. The maximum absolute atomic E-state index is 8.88. The van der Waals surface area contributed by atoms with E-state index in [1.807, 2.05) is 11.6 Å². The van der Waals surface area contributed by atoms with Crippen molar-refractivity contribution in [1.82, 2.24) is 9.78 Å². The van der Waals surface area contributed by atoms with Crippen LogP contribution in [0.25, 0.3) is 0 Å². The van der Waals surface area contributed by atoms with Crippen molar-refractivity contribution in [3.8, 4) is 0 Å². The normalized spacial score (nSPS) is 10.8. The van der Waals surface area contributed by atoms with Crippen LogP contribution in [0.15, 0.2) is 0 Å². The number of aliphatic hydroxyl groups is 1. The minimum absolute atomic E-state index is 0.204. The Balaban J connectivity index is 2.98. The summed E-state index contributed by atoms with van der Waals surface area (Å²) in [6.45, 7) is 8.75. The van der Waals surface area contributed by atoms with Crippen LogP contribution in [0.2, 0.25) is 0 Å². The largest absolute Gasteiger partial charge is 0.396 e. The molecule has 5 nitrogen and oxygen atoms in total. The van der Waals surface area contributed by atoms with Gasteiger partial charge >= 0.3 is 0 Å². The summed E-state index contributed by atoms with van der Waals surface area (Å²) >= 11 is 0. The molecule has 92 valence electrons. The van der Waals surface area contributed by atoms with Crippen LogP contribution in [0.4, 0.5) is 11.5 Å². The number of nitrogen functional groups attached to an aromatic ring is 1. The Morgan fingerprint density at radius 1 is 1.44 bits per heavy atom. The molecule has 0 unspecified atom stereocenters. The van der Waals surface area contributed by atoms with Crippen LogP contribution >= 0.6 is 0 Å². The summed E-state index contributed by atoms with van der Waals surface area (Å²) in [6, 6.07) is 0. The third-order valence-electron chi connectivity index (χ3n) is 2.71. The third kappa shape index (κ3) is 2.47. The summed E-state index contributed by atoms with van der Waals surface area (Å²) in [5.74, 6) is 0.982. The molecule has 0 saturated carbocycles. The Hall–Kier alpha value is -1.23. The molecular formula is C11H22N4O. The summed E-state index contributed by atoms with van der Waals surface area (Å²) in [5.41, 5.74) is 7.67. The van der Waals surface area contributed by atoms with Crippen molar-refractivity contribution >= 4 is 11.5 Å². The lowest BCUT2D eigenvalue weighted by Crippen LogP contribution is -2.28. The Bertz CT molecular complexity index is 335. The molecule has 0 atom stereocenters. The van der Waals surface area contributed by atoms with Gasteiger partial charge in [-0.15, -0.1) is 0 Å². The summed E-state index contributed by atoms with van der Waals surface area (Å²) in [7, 11) is 0. The van der Waals surface area contributed by atoms with Crippen molar-refractivity contribution < 1.29 is 5.11 Å². The minimum Gasteiger partial charge on any atom is -0.396 e. The predicted molar refractivity (Wildman–Crippen MR) is 66.6 cm³/mol. The number of nitrogens with two attached hydrogens (primary N) is 1. The van der Waals surface area contributed by atoms with Crippen molar-refractivity contribution in [3.05, 3.63) is 5.69 Å². The van der Waals surface area contributed by atoms with Gasteiger partial charge in [-0.25, -0.2) is 4.68 Å². The number of anilines is 2. The van der Waals surface area contributed by atoms with Gasteiger partial charge in [-0.05, 0) is 27.2 Å². The van der Waals surface area contributed by atoms with E-state index in [0.717, 1.165) is 43.3 Å². The molecule has 5 heteroatoms. The highest BCUT2D eigenvalue weighted by Gasteiger charge is 2.16. The van der Waals surface area contributed by atoms with Crippen LogP contribution in [0, 0.1) is 6.92 Å². The van der Waals surface area contributed by atoms with Gasteiger partial charge in [0.1, 0.15) is 0 Å². The third-order valence-corrected chi connectivity index (χ3v) is 2.71. The maximum atomic E-state index is 8.88. The standard InChI is InChI=1S/C11H22N4O/c1-4-14(7-6-8-16)11-10(12)9(3)13-15(11)5-2/h16H,4-8,12H2,1-3H3. The van der Waals surface area contributed by atoms with E-state index >= 15 is 0 Å². The van der Waals surface area contributed by atoms with Crippen LogP contribution in [-0.2, 0) is 6.54 Å². The smallest absolute Gasteiger partial charge is 0.150 e. The van der Waals surface area contributed by atoms with Gasteiger partial charge in [0.25, 0.3) is 0 Å². The Morgan fingerprint density at radius 3 is 2.62 bits per heavy atom. The Kier molecular flexibility index (Phi) is 4.61. The quantitative estimate of drug-likeness (QED) is 0.759. The van der Waals surface area contributed by atoms with Crippen LogP contribution < -0.4 is 10.6 Å². The number of hydrogen-bond acceptors (Lipinski definition) is 4. The Labute approximate surface area is 96.9 Å². The van der Waals surface area contributed by atoms with E-state index in [9.17, 15) is 0 Å². The lowest BCUT2D eigenvalue weighted by Gasteiger charge is -2.23. The van der Waals surface area contributed by atoms with E-state index in [1.54, 1.807) is 0 Å². The molecule has 1 heterocycles. The first-order chi connectivity index (χ1) is 7.65. The number of aliphatic hydroxyl groups excluding tert-OH is 1. The first-order valence-corrected chi connectivity index (χ1v) is 5.84. The molecule has 16 heavy (non-hydrogen) atoms. The molecule has 1 rings (SSSR count). The van der Waals surface area contributed by atoms with E-state index in [4.69, 9.17) is 10.8 Å². The van der Waals surface area contributed by atoms with Crippen LogP contribution in [0.1, 0.15) is 26.0 Å². The molecule has 0 aliphatic rings. The van der Waals surface area contributed by atoms with Crippen molar-refractivity contribution in [2.45, 2.75) is 33.7 Å². The molecule has 0 spiro atoms. The highest BCUT2D eigenvalue weighted by Crippen LogP contribution is 2.26. The molecule has 0 amide bonds. The molecule has 1 aromatic heterocycles. The molecule has 3 N–H and O–H groups in total. The predicted octanol–water partition coefficient (Wildman–Crippen LogP) is 1.00. The molecule has 0 fully saturated rings. The van der Waals surface area contributed by atoms with Gasteiger partial charge in [0.15, 0.2) is 5.82 Å². The molecule has 1 aromatic rings. The average molecular weight is 226 g/mol. The minimum atomic E-state index is 0.204. The van der Waals surface area contributed by atoms with E-state index < -0.39 is 0 Å². The van der Waals surface area contributed by atoms with Gasteiger partial charge in [-0.1, -0.05) is 0 Å². The fourth-order valence-corrected chi connectivity index (χ4v) is 1.81. The molecular weight excluding hydrogens is 204 g/mol. The topological polar surface area (TPSA) is 67.3 Å². The lowest BCUT2D eigenvalue weighted by molar-refractivity contribution is 0.289. The van der Waals surface area contributed by atoms with Gasteiger partial charge in [-0.2, -0.15) is 5.10 Å². The second-order valence-electron chi connectivity index (χ2n) is 3.80. The molecule has 0 radical (unpaired) electrons. The van der Waals surface area contributed by atoms with Crippen LogP contribution in [-0.4, -0.2) is 34.6 Å². The maximum Gasteiger partial charge on any atom is 0.150 e. The summed E-state index contributed by atoms with van der Waals surface area (Å²) in [5, 5.41) is 13.3. The van der Waals surface area contributed by atoms with Crippen molar-refractivity contribution in [1.29, 1.82) is 0 Å². The Morgan fingerprint density at radius 2 is 2.12 bits per heavy atom. The lowest BCUT2D eigenvalue weighted by atomic mass is 10.3. The second-order valence-corrected chi connectivity index (χ2v) is 3.80. The molecule has 0 aliphatic heterocycles. The number of hydrogen-bond donors (Lipinski definition) is 2. The monoisotopic (exact) mass is 226 g/mol. The van der Waals surface area contributed by atoms with Crippen molar-refractivity contribution in [3.63, 3.8) is 0 Å². The fraction of sp³-hybridized carbons (Fsp3) is 0.727. The number of nitrogens with zero attached hydrogens (tertiary/aromatic N) is 3. The van der Waals surface area contributed by atoms with Gasteiger partial charge in [0.2, 0.25) is 0 Å². The average Bonchev–Trinajstić information content (AvgIpc) is 2.57. The molecule has 0 aromatic carbocycles.